The predicted molar refractivity (Wildman–Crippen MR) is 94.4 cm³/mol. The first-order valence-electron chi connectivity index (χ1n) is 6.88. The largest absolute Gasteiger partial charge is 0.358 e. The Morgan fingerprint density at radius 1 is 0.810 bits per heavy atom. The van der Waals surface area contributed by atoms with Gasteiger partial charge in [-0.25, -0.2) is 36.1 Å². The number of nitrogens with zero attached hydrogens (tertiary/aromatic N) is 2. The average Bonchev–Trinajstić information content (AvgIpc) is 2.35. The maximum absolute atomic E-state index is 4.37. The van der Waals surface area contributed by atoms with Crippen molar-refractivity contribution in [1.29, 1.82) is 0 Å². The summed E-state index contributed by atoms with van der Waals surface area (Å²) in [5, 5.41) is 0. The van der Waals surface area contributed by atoms with E-state index in [4.69, 9.17) is 0 Å². The summed E-state index contributed by atoms with van der Waals surface area (Å²) in [5.74, 6) is 0. The van der Waals surface area contributed by atoms with Crippen molar-refractivity contribution in [2.45, 2.75) is 47.0 Å². The van der Waals surface area contributed by atoms with Crippen LogP contribution < -0.4 is 0 Å². The van der Waals surface area contributed by atoms with Crippen molar-refractivity contribution in [2.75, 3.05) is 13.1 Å². The van der Waals surface area contributed by atoms with Gasteiger partial charge in [0.2, 0.25) is 0 Å². The Labute approximate surface area is 147 Å². The number of aliphatic imine (C=N–C) groups is 2. The van der Waals surface area contributed by atoms with Gasteiger partial charge in [-0.2, -0.15) is 0 Å². The van der Waals surface area contributed by atoms with Crippen LogP contribution in [-0.2, 0) is 21.1 Å². The molecule has 0 atom stereocenters. The molecule has 0 aromatic heterocycles. The monoisotopic (exact) mass is 470 g/mol. The molecule has 0 heterocycles. The Kier molecular flexibility index (Phi) is 18.8. The van der Waals surface area contributed by atoms with Gasteiger partial charge in [0, 0.05) is 34.2 Å². The third kappa shape index (κ3) is 15.5. The molecule has 126 valence electrons. The number of hydrogen-bond donors (Lipinski definition) is 0. The van der Waals surface area contributed by atoms with Gasteiger partial charge in [-0.1, -0.05) is 26.7 Å². The summed E-state index contributed by atoms with van der Waals surface area (Å²) in [6, 6.07) is 0. The van der Waals surface area contributed by atoms with Crippen LogP contribution in [0.4, 0.5) is 0 Å². The summed E-state index contributed by atoms with van der Waals surface area (Å²) in [7, 11) is 0. The molecule has 0 fully saturated rings. The first-order chi connectivity index (χ1) is 8.95. The first-order valence-corrected chi connectivity index (χ1v) is 6.88. The van der Waals surface area contributed by atoms with Crippen LogP contribution in [0.2, 0.25) is 0 Å². The van der Waals surface area contributed by atoms with Crippen molar-refractivity contribution in [3.05, 3.63) is 43.6 Å². The molecule has 0 unspecified atom stereocenters. The minimum Gasteiger partial charge on any atom is -0.358 e. The predicted octanol–water partition coefficient (Wildman–Crippen LogP) is 5.09. The molecule has 0 N–H and O–H groups in total. The van der Waals surface area contributed by atoms with E-state index in [0.29, 0.717) is 0 Å². The second kappa shape index (κ2) is 15.6. The molecule has 0 aliphatic rings. The molecular weight excluding hydrogens is 439 g/mol. The second-order valence-electron chi connectivity index (χ2n) is 5.06. The molecule has 0 radical (unpaired) electrons. The van der Waals surface area contributed by atoms with Crippen LogP contribution in [0.3, 0.4) is 0 Å². The maximum atomic E-state index is 4.37. The van der Waals surface area contributed by atoms with Crippen molar-refractivity contribution in [3.8, 4) is 0 Å². The summed E-state index contributed by atoms with van der Waals surface area (Å²) in [6.45, 7) is 17.8. The van der Waals surface area contributed by atoms with Crippen LogP contribution >= 0.6 is 0 Å². The van der Waals surface area contributed by atoms with E-state index in [0.717, 1.165) is 43.5 Å². The summed E-state index contributed by atoms with van der Waals surface area (Å²) in [5.41, 5.74) is 4.88. The van der Waals surface area contributed by atoms with Crippen LogP contribution in [0.25, 0.3) is 0 Å². The van der Waals surface area contributed by atoms with E-state index >= 15 is 0 Å². The van der Waals surface area contributed by atoms with E-state index in [-0.39, 0.29) is 28.5 Å². The fourth-order valence-electron chi connectivity index (χ4n) is 1.19. The molecule has 21 heavy (non-hydrogen) atoms. The Bertz CT molecular complexity index is 333. The first kappa shape index (κ1) is 25.2. The van der Waals surface area contributed by atoms with Gasteiger partial charge in [-0.15, -0.1) is 13.8 Å². The van der Waals surface area contributed by atoms with Gasteiger partial charge >= 0.3 is 0 Å². The fourth-order valence-corrected chi connectivity index (χ4v) is 1.19. The normalized spacial score (nSPS) is 13.5. The maximum Gasteiger partial charge on any atom is 0.0402 e. The summed E-state index contributed by atoms with van der Waals surface area (Å²) >= 11 is 0. The van der Waals surface area contributed by atoms with Gasteiger partial charge in [-0.3, -0.25) is 9.98 Å². The van der Waals surface area contributed by atoms with Gasteiger partial charge in [-0.05, 0) is 18.9 Å². The minimum absolute atomic E-state index is 0. The molecule has 3 heteroatoms. The molecule has 0 amide bonds. The van der Waals surface area contributed by atoms with E-state index < -0.39 is 0 Å². The SMILES string of the molecule is [CH2-]/C(C)=C(/C)CC=NCCCN=CC/C(C)=C(\[CH2-])C.[CH3-].[Pt]. The molecule has 0 saturated carbocycles. The molecule has 0 bridgehead atoms. The Morgan fingerprint density at radius 3 is 1.43 bits per heavy atom. The zero-order chi connectivity index (χ0) is 14.7. The quantitative estimate of drug-likeness (QED) is 0.268. The van der Waals surface area contributed by atoms with Gasteiger partial charge in [0.1, 0.15) is 0 Å². The molecule has 0 saturated heterocycles. The Balaban J connectivity index is -0.00000162. The summed E-state index contributed by atoms with van der Waals surface area (Å²) in [4.78, 5) is 8.75. The molecule has 0 spiro atoms. The van der Waals surface area contributed by atoms with Crippen LogP contribution in [0.15, 0.2) is 32.3 Å². The zero-order valence-corrected chi connectivity index (χ0v) is 16.6. The van der Waals surface area contributed by atoms with Gasteiger partial charge in [0.05, 0.1) is 0 Å². The topological polar surface area (TPSA) is 24.7 Å². The number of allylic oxidation sites excluding steroid dienone is 4. The van der Waals surface area contributed by atoms with E-state index in [2.05, 4.69) is 37.7 Å². The molecular formula is C18H31N2Pt-3. The molecule has 0 aliphatic heterocycles. The van der Waals surface area contributed by atoms with Crippen LogP contribution in [0.5, 0.6) is 0 Å². The van der Waals surface area contributed by atoms with Crippen molar-refractivity contribution in [1.82, 2.24) is 0 Å². The Hall–Kier alpha value is -0.752. The van der Waals surface area contributed by atoms with Crippen molar-refractivity contribution in [2.24, 2.45) is 9.98 Å². The number of rotatable bonds is 8. The van der Waals surface area contributed by atoms with Crippen LogP contribution in [-0.4, -0.2) is 25.5 Å². The van der Waals surface area contributed by atoms with Crippen molar-refractivity contribution >= 4 is 12.4 Å². The van der Waals surface area contributed by atoms with Crippen molar-refractivity contribution < 1.29 is 21.1 Å². The van der Waals surface area contributed by atoms with E-state index in [1.165, 1.54) is 11.1 Å². The van der Waals surface area contributed by atoms with Crippen molar-refractivity contribution in [3.63, 3.8) is 0 Å². The van der Waals surface area contributed by atoms with E-state index in [9.17, 15) is 0 Å². The number of hydrogen-bond acceptors (Lipinski definition) is 2. The smallest absolute Gasteiger partial charge is 0.0402 e. The van der Waals surface area contributed by atoms with Gasteiger partial charge in [0.25, 0.3) is 0 Å². The third-order valence-electron chi connectivity index (χ3n) is 3.08. The fraction of sp³-hybridized carbons (Fsp3) is 0.500. The second-order valence-corrected chi connectivity index (χ2v) is 5.06. The average molecular weight is 471 g/mol. The molecule has 0 aliphatic carbocycles. The molecule has 0 aromatic rings. The Morgan fingerprint density at radius 2 is 1.14 bits per heavy atom. The third-order valence-corrected chi connectivity index (χ3v) is 3.08. The summed E-state index contributed by atoms with van der Waals surface area (Å²) < 4.78 is 0. The van der Waals surface area contributed by atoms with E-state index in [1.807, 2.05) is 26.3 Å². The minimum atomic E-state index is 0. The van der Waals surface area contributed by atoms with Gasteiger partial charge < -0.3 is 7.43 Å². The van der Waals surface area contributed by atoms with Crippen LogP contribution in [0.1, 0.15) is 47.0 Å². The summed E-state index contributed by atoms with van der Waals surface area (Å²) in [6.07, 6.45) is 6.78. The standard InChI is InChI=1S/C17H28N2.CH3.Pt/c1-14(2)16(5)8-12-18-10-7-11-19-13-9-17(6)15(3)4;;/h12-13H,1,3,7-11H2,2,4-6H3;1H3;/q-2;-1;/b16-14+,17-15+,18-12?,19-13?;;. The van der Waals surface area contributed by atoms with Gasteiger partial charge in [0.15, 0.2) is 0 Å². The van der Waals surface area contributed by atoms with Crippen LogP contribution in [0, 0.1) is 21.3 Å². The molecule has 0 aromatic carbocycles. The molecule has 0 rings (SSSR count). The zero-order valence-electron chi connectivity index (χ0n) is 14.3. The molecule has 2 nitrogen and oxygen atoms in total. The van der Waals surface area contributed by atoms with E-state index in [1.54, 1.807) is 0 Å².